The molecule has 7 heteroatoms. The molecule has 2 aromatic heterocycles. The number of benzene rings is 1. The molecule has 1 atom stereocenters. The fraction of sp³-hybridized carbons (Fsp3) is 0.300. The number of anilines is 1. The number of hydrogen-bond acceptors (Lipinski definition) is 5. The molecule has 4 rings (SSSR count). The van der Waals surface area contributed by atoms with Crippen molar-refractivity contribution >= 4 is 11.7 Å². The number of methoxy groups -OCH3 is 1. The summed E-state index contributed by atoms with van der Waals surface area (Å²) in [6, 6.07) is 11.7. The van der Waals surface area contributed by atoms with Gasteiger partial charge >= 0.3 is 0 Å². The van der Waals surface area contributed by atoms with Crippen molar-refractivity contribution in [3.8, 4) is 17.0 Å². The smallest absolute Gasteiger partial charge is 0.254 e. The highest BCUT2D eigenvalue weighted by Crippen LogP contribution is 2.25. The number of piperidine rings is 1. The maximum atomic E-state index is 12.2. The Morgan fingerprint density at radius 1 is 1.33 bits per heavy atom. The molecule has 0 saturated carbocycles. The molecule has 1 amide bonds. The van der Waals surface area contributed by atoms with Crippen LogP contribution in [-0.2, 0) is 0 Å². The van der Waals surface area contributed by atoms with Gasteiger partial charge in [0.05, 0.1) is 24.6 Å². The summed E-state index contributed by atoms with van der Waals surface area (Å²) in [6.07, 6.45) is 4.92. The van der Waals surface area contributed by atoms with E-state index in [4.69, 9.17) is 9.15 Å². The summed E-state index contributed by atoms with van der Waals surface area (Å²) >= 11 is 0. The molecule has 1 saturated heterocycles. The Bertz CT molecular complexity index is 886. The Morgan fingerprint density at radius 2 is 2.19 bits per heavy atom. The molecule has 1 unspecified atom stereocenters. The fourth-order valence-electron chi connectivity index (χ4n) is 3.36. The van der Waals surface area contributed by atoms with Crippen LogP contribution in [0.3, 0.4) is 0 Å². The molecular formula is C20H22N4O3. The van der Waals surface area contributed by atoms with Crippen LogP contribution in [0.4, 0.5) is 5.82 Å². The first kappa shape index (κ1) is 17.2. The molecule has 0 spiro atoms. The Kier molecular flexibility index (Phi) is 4.82. The maximum absolute atomic E-state index is 12.2. The van der Waals surface area contributed by atoms with Crippen molar-refractivity contribution in [2.24, 2.45) is 0 Å². The van der Waals surface area contributed by atoms with Crippen LogP contribution < -0.4 is 15.0 Å². The Hall–Kier alpha value is -3.22. The number of nitrogens with zero attached hydrogens (tertiary/aromatic N) is 2. The monoisotopic (exact) mass is 366 g/mol. The van der Waals surface area contributed by atoms with Crippen LogP contribution in [-0.4, -0.2) is 42.3 Å². The van der Waals surface area contributed by atoms with Crippen molar-refractivity contribution in [3.63, 3.8) is 0 Å². The number of amides is 1. The third-order valence-electron chi connectivity index (χ3n) is 4.83. The van der Waals surface area contributed by atoms with Crippen molar-refractivity contribution in [3.05, 3.63) is 54.5 Å². The van der Waals surface area contributed by atoms with E-state index >= 15 is 0 Å². The van der Waals surface area contributed by atoms with Gasteiger partial charge in [-0.05, 0) is 48.7 Å². The van der Waals surface area contributed by atoms with Gasteiger partial charge in [-0.1, -0.05) is 0 Å². The summed E-state index contributed by atoms with van der Waals surface area (Å²) in [6.45, 7) is 1.65. The summed E-state index contributed by atoms with van der Waals surface area (Å²) in [7, 11) is 1.65. The van der Waals surface area contributed by atoms with Crippen LogP contribution in [0.1, 0.15) is 23.2 Å². The van der Waals surface area contributed by atoms with E-state index in [9.17, 15) is 4.79 Å². The predicted molar refractivity (Wildman–Crippen MR) is 102 cm³/mol. The lowest BCUT2D eigenvalue weighted by molar-refractivity contribution is 0.0932. The molecule has 1 aromatic carbocycles. The quantitative estimate of drug-likeness (QED) is 0.725. The number of aromatic amines is 1. The first-order valence-corrected chi connectivity index (χ1v) is 9.01. The topological polar surface area (TPSA) is 83.4 Å². The van der Waals surface area contributed by atoms with Gasteiger partial charge in [0.2, 0.25) is 0 Å². The molecule has 1 fully saturated rings. The minimum atomic E-state index is -0.100. The number of furan rings is 1. The molecule has 0 aliphatic carbocycles. The molecule has 3 heterocycles. The van der Waals surface area contributed by atoms with Crippen LogP contribution in [0.5, 0.6) is 5.75 Å². The summed E-state index contributed by atoms with van der Waals surface area (Å²) < 4.78 is 10.2. The van der Waals surface area contributed by atoms with Crippen molar-refractivity contribution < 1.29 is 13.9 Å². The van der Waals surface area contributed by atoms with Crippen molar-refractivity contribution in [1.29, 1.82) is 0 Å². The average Bonchev–Trinajstić information content (AvgIpc) is 3.40. The van der Waals surface area contributed by atoms with Gasteiger partial charge in [-0.2, -0.15) is 5.10 Å². The number of ether oxygens (including phenoxy) is 1. The second-order valence-corrected chi connectivity index (χ2v) is 6.64. The van der Waals surface area contributed by atoms with Crippen molar-refractivity contribution in [1.82, 2.24) is 15.5 Å². The van der Waals surface area contributed by atoms with E-state index in [0.29, 0.717) is 5.56 Å². The predicted octanol–water partition coefficient (Wildman–Crippen LogP) is 3.08. The number of carbonyl (C=O) groups excluding carboxylic acids is 1. The summed E-state index contributed by atoms with van der Waals surface area (Å²) in [5.74, 6) is 1.62. The molecule has 1 aliphatic heterocycles. The molecule has 0 bridgehead atoms. The second-order valence-electron chi connectivity index (χ2n) is 6.64. The van der Waals surface area contributed by atoms with E-state index in [0.717, 1.165) is 48.8 Å². The lowest BCUT2D eigenvalue weighted by Gasteiger charge is -2.33. The first-order valence-electron chi connectivity index (χ1n) is 9.01. The lowest BCUT2D eigenvalue weighted by atomic mass is 10.1. The summed E-state index contributed by atoms with van der Waals surface area (Å²) in [4.78, 5) is 14.4. The number of aromatic nitrogens is 2. The highest BCUT2D eigenvalue weighted by molar-refractivity contribution is 5.94. The fourth-order valence-corrected chi connectivity index (χ4v) is 3.36. The summed E-state index contributed by atoms with van der Waals surface area (Å²) in [5, 5.41) is 10.6. The zero-order chi connectivity index (χ0) is 18.6. The molecule has 27 heavy (non-hydrogen) atoms. The summed E-state index contributed by atoms with van der Waals surface area (Å²) in [5.41, 5.74) is 2.56. The van der Waals surface area contributed by atoms with Crippen molar-refractivity contribution in [2.75, 3.05) is 25.1 Å². The van der Waals surface area contributed by atoms with Gasteiger partial charge in [0.15, 0.2) is 5.82 Å². The third kappa shape index (κ3) is 3.81. The minimum absolute atomic E-state index is 0.0855. The molecule has 3 aromatic rings. The van der Waals surface area contributed by atoms with Gasteiger partial charge in [-0.15, -0.1) is 0 Å². The van der Waals surface area contributed by atoms with Gasteiger partial charge < -0.3 is 19.4 Å². The zero-order valence-electron chi connectivity index (χ0n) is 15.1. The minimum Gasteiger partial charge on any atom is -0.497 e. The highest BCUT2D eigenvalue weighted by atomic mass is 16.5. The molecule has 7 nitrogen and oxygen atoms in total. The van der Waals surface area contributed by atoms with E-state index < -0.39 is 0 Å². The van der Waals surface area contributed by atoms with Gasteiger partial charge in [0.25, 0.3) is 5.91 Å². The Balaban J connectivity index is 1.42. The normalized spacial score (nSPS) is 16.9. The van der Waals surface area contributed by atoms with Crippen LogP contribution >= 0.6 is 0 Å². The lowest BCUT2D eigenvalue weighted by Crippen LogP contribution is -2.47. The maximum Gasteiger partial charge on any atom is 0.254 e. The third-order valence-corrected chi connectivity index (χ3v) is 4.83. The standard InChI is InChI=1S/C20H22N4O3/c1-26-17-6-4-14(5-7-17)18-11-19(23-22-18)24-9-2-3-16(12-24)21-20(25)15-8-10-27-13-15/h4-8,10-11,13,16H,2-3,9,12H2,1H3,(H,21,25)(H,22,23). The number of H-pyrrole nitrogens is 1. The molecule has 140 valence electrons. The first-order chi connectivity index (χ1) is 13.2. The van der Waals surface area contributed by atoms with E-state index in [1.165, 1.54) is 12.5 Å². The van der Waals surface area contributed by atoms with Gasteiger partial charge in [0.1, 0.15) is 12.0 Å². The van der Waals surface area contributed by atoms with E-state index in [2.05, 4.69) is 20.4 Å². The van der Waals surface area contributed by atoms with Crippen LogP contribution in [0.15, 0.2) is 53.3 Å². The second kappa shape index (κ2) is 7.57. The number of hydrogen-bond donors (Lipinski definition) is 2. The highest BCUT2D eigenvalue weighted by Gasteiger charge is 2.24. The van der Waals surface area contributed by atoms with E-state index in [1.54, 1.807) is 13.2 Å². The Labute approximate surface area is 157 Å². The molecule has 0 radical (unpaired) electrons. The molecule has 1 aliphatic rings. The van der Waals surface area contributed by atoms with Crippen LogP contribution in [0, 0.1) is 0 Å². The number of carbonyl (C=O) groups is 1. The zero-order valence-corrected chi connectivity index (χ0v) is 15.1. The Morgan fingerprint density at radius 3 is 2.93 bits per heavy atom. The van der Waals surface area contributed by atoms with E-state index in [-0.39, 0.29) is 11.9 Å². The van der Waals surface area contributed by atoms with Crippen molar-refractivity contribution in [2.45, 2.75) is 18.9 Å². The number of nitrogens with one attached hydrogen (secondary N) is 2. The van der Waals surface area contributed by atoms with Gasteiger partial charge in [-0.3, -0.25) is 9.89 Å². The molecular weight excluding hydrogens is 344 g/mol. The van der Waals surface area contributed by atoms with Gasteiger partial charge in [-0.25, -0.2) is 0 Å². The van der Waals surface area contributed by atoms with Crippen LogP contribution in [0.2, 0.25) is 0 Å². The van der Waals surface area contributed by atoms with Crippen LogP contribution in [0.25, 0.3) is 11.3 Å². The average molecular weight is 366 g/mol. The SMILES string of the molecule is COc1ccc(-c2cc(N3CCCC(NC(=O)c4ccoc4)C3)n[nH]2)cc1. The molecule has 2 N–H and O–H groups in total. The largest absolute Gasteiger partial charge is 0.497 e. The number of rotatable bonds is 5. The van der Waals surface area contributed by atoms with E-state index in [1.807, 2.05) is 30.3 Å². The van der Waals surface area contributed by atoms with Gasteiger partial charge in [0, 0.05) is 25.2 Å².